The van der Waals surface area contributed by atoms with Crippen molar-refractivity contribution in [3.05, 3.63) is 101 Å². The van der Waals surface area contributed by atoms with E-state index in [4.69, 9.17) is 11.6 Å². The van der Waals surface area contributed by atoms with Gasteiger partial charge in [-0.2, -0.15) is 0 Å². The minimum atomic E-state index is -0.260. The first-order chi connectivity index (χ1) is 16.5. The van der Waals surface area contributed by atoms with Crippen LogP contribution in [0.15, 0.2) is 84.3 Å². The van der Waals surface area contributed by atoms with Crippen LogP contribution in [0.1, 0.15) is 21.5 Å². The largest absolute Gasteiger partial charge is 0.348 e. The van der Waals surface area contributed by atoms with Gasteiger partial charge in [-0.15, -0.1) is 10.2 Å². The highest BCUT2D eigenvalue weighted by molar-refractivity contribution is 7.99. The second-order valence-corrected chi connectivity index (χ2v) is 8.89. The molecule has 1 aromatic heterocycles. The molecular formula is C25H22ClN5O2S. The predicted molar refractivity (Wildman–Crippen MR) is 135 cm³/mol. The molecule has 2 amide bonds. The first-order valence-corrected chi connectivity index (χ1v) is 11.9. The molecule has 3 aromatic carbocycles. The number of amides is 2. The van der Waals surface area contributed by atoms with Crippen molar-refractivity contribution in [2.45, 2.75) is 18.6 Å². The molecule has 0 fully saturated rings. The molecule has 0 atom stereocenters. The molecule has 0 aliphatic carbocycles. The van der Waals surface area contributed by atoms with Gasteiger partial charge in [0.1, 0.15) is 6.33 Å². The average molecular weight is 492 g/mol. The molecule has 0 spiro atoms. The monoisotopic (exact) mass is 491 g/mol. The van der Waals surface area contributed by atoms with Crippen molar-refractivity contribution < 1.29 is 9.59 Å². The van der Waals surface area contributed by atoms with E-state index in [0.717, 1.165) is 16.8 Å². The molecule has 7 nitrogen and oxygen atoms in total. The Balaban J connectivity index is 1.37. The molecule has 34 heavy (non-hydrogen) atoms. The summed E-state index contributed by atoms with van der Waals surface area (Å²) in [4.78, 5) is 25.4. The number of para-hydroxylation sites is 1. The fraction of sp³-hybridized carbons (Fsp3) is 0.120. The number of aryl methyl sites for hydroxylation is 1. The number of nitrogens with zero attached hydrogens (tertiary/aromatic N) is 3. The zero-order valence-corrected chi connectivity index (χ0v) is 19.9. The third-order valence-corrected chi connectivity index (χ3v) is 6.13. The lowest BCUT2D eigenvalue weighted by Crippen LogP contribution is -2.25. The molecule has 0 aliphatic heterocycles. The number of thioether (sulfide) groups is 1. The minimum absolute atomic E-state index is 0.0958. The van der Waals surface area contributed by atoms with E-state index in [1.54, 1.807) is 47.3 Å². The van der Waals surface area contributed by atoms with E-state index < -0.39 is 0 Å². The lowest BCUT2D eigenvalue weighted by Gasteiger charge is -2.12. The summed E-state index contributed by atoms with van der Waals surface area (Å²) in [5, 5.41) is 14.9. The molecule has 9 heteroatoms. The van der Waals surface area contributed by atoms with Crippen LogP contribution in [0, 0.1) is 6.92 Å². The highest BCUT2D eigenvalue weighted by Crippen LogP contribution is 2.22. The number of carbonyl (C=O) groups is 2. The van der Waals surface area contributed by atoms with Crippen LogP contribution >= 0.6 is 23.4 Å². The van der Waals surface area contributed by atoms with E-state index >= 15 is 0 Å². The van der Waals surface area contributed by atoms with Gasteiger partial charge in [0.25, 0.3) is 5.91 Å². The molecule has 0 aliphatic rings. The first kappa shape index (κ1) is 23.5. The number of aromatic nitrogens is 3. The van der Waals surface area contributed by atoms with Crippen LogP contribution in [0.2, 0.25) is 5.02 Å². The zero-order valence-electron chi connectivity index (χ0n) is 18.4. The summed E-state index contributed by atoms with van der Waals surface area (Å²) in [5.41, 5.74) is 3.81. The molecule has 2 N–H and O–H groups in total. The molecule has 4 rings (SSSR count). The van der Waals surface area contributed by atoms with Gasteiger partial charge in [0.15, 0.2) is 5.16 Å². The summed E-state index contributed by atoms with van der Waals surface area (Å²) >= 11 is 7.32. The smallest absolute Gasteiger partial charge is 0.253 e. The van der Waals surface area contributed by atoms with Crippen molar-refractivity contribution in [2.24, 2.45) is 0 Å². The van der Waals surface area contributed by atoms with Gasteiger partial charge >= 0.3 is 0 Å². The first-order valence-electron chi connectivity index (χ1n) is 10.5. The molecule has 0 unspecified atom stereocenters. The summed E-state index contributed by atoms with van der Waals surface area (Å²) in [5.74, 6) is -0.423. The van der Waals surface area contributed by atoms with Crippen molar-refractivity contribution in [3.8, 4) is 5.69 Å². The zero-order chi connectivity index (χ0) is 23.9. The second kappa shape index (κ2) is 11.0. The van der Waals surface area contributed by atoms with Crippen molar-refractivity contribution in [1.29, 1.82) is 0 Å². The predicted octanol–water partition coefficient (Wildman–Crippen LogP) is 4.89. The number of carbonyl (C=O) groups excluding carboxylic acids is 2. The third kappa shape index (κ3) is 6.03. The SMILES string of the molecule is Cc1ccc(CNC(=O)c2ccccc2NC(=O)CSc2nncn2-c2cccc(Cl)c2)cc1. The maximum absolute atomic E-state index is 12.8. The van der Waals surface area contributed by atoms with Gasteiger partial charge in [-0.1, -0.05) is 71.4 Å². The Kier molecular flexibility index (Phi) is 7.61. The molecule has 0 saturated heterocycles. The Morgan fingerprint density at radius 3 is 2.62 bits per heavy atom. The van der Waals surface area contributed by atoms with Crippen LogP contribution in [0.25, 0.3) is 5.69 Å². The van der Waals surface area contributed by atoms with Gasteiger partial charge in [0.05, 0.1) is 22.7 Å². The highest BCUT2D eigenvalue weighted by atomic mass is 35.5. The number of rotatable bonds is 8. The van der Waals surface area contributed by atoms with Crippen molar-refractivity contribution >= 4 is 40.9 Å². The van der Waals surface area contributed by atoms with E-state index in [-0.39, 0.29) is 17.6 Å². The maximum atomic E-state index is 12.8. The maximum Gasteiger partial charge on any atom is 0.253 e. The fourth-order valence-corrected chi connectivity index (χ4v) is 4.13. The molecule has 172 valence electrons. The lowest BCUT2D eigenvalue weighted by atomic mass is 10.1. The van der Waals surface area contributed by atoms with Gasteiger partial charge in [0, 0.05) is 11.6 Å². The van der Waals surface area contributed by atoms with Crippen LogP contribution in [-0.4, -0.2) is 32.3 Å². The Morgan fingerprint density at radius 1 is 1.03 bits per heavy atom. The number of halogens is 1. The minimum Gasteiger partial charge on any atom is -0.348 e. The van der Waals surface area contributed by atoms with Gasteiger partial charge in [0.2, 0.25) is 5.91 Å². The number of hydrogen-bond acceptors (Lipinski definition) is 5. The molecule has 0 radical (unpaired) electrons. The average Bonchev–Trinajstić information content (AvgIpc) is 3.31. The third-order valence-electron chi connectivity index (χ3n) is 4.95. The summed E-state index contributed by atoms with van der Waals surface area (Å²) < 4.78 is 1.76. The second-order valence-electron chi connectivity index (χ2n) is 7.51. The van der Waals surface area contributed by atoms with Crippen LogP contribution in [0.4, 0.5) is 5.69 Å². The molecule has 4 aromatic rings. The van der Waals surface area contributed by atoms with Gasteiger partial charge in [-0.25, -0.2) is 0 Å². The van der Waals surface area contributed by atoms with E-state index in [0.29, 0.717) is 28.0 Å². The Labute approximate surface area is 206 Å². The quantitative estimate of drug-likeness (QED) is 0.342. The van der Waals surface area contributed by atoms with E-state index in [1.807, 2.05) is 43.3 Å². The standard InChI is InChI=1S/C25H22ClN5O2S/c1-17-9-11-18(12-10-17)14-27-24(33)21-7-2-3-8-22(21)29-23(32)15-34-25-30-28-16-31(25)20-6-4-5-19(26)13-20/h2-13,16H,14-15H2,1H3,(H,27,33)(H,29,32). The van der Waals surface area contributed by atoms with Gasteiger partial charge < -0.3 is 10.6 Å². The number of benzene rings is 3. The highest BCUT2D eigenvalue weighted by Gasteiger charge is 2.15. The Bertz CT molecular complexity index is 1310. The van der Waals surface area contributed by atoms with Crippen LogP contribution < -0.4 is 10.6 Å². The summed E-state index contributed by atoms with van der Waals surface area (Å²) in [6, 6.07) is 22.2. The normalized spacial score (nSPS) is 10.6. The van der Waals surface area contributed by atoms with Crippen LogP contribution in [0.3, 0.4) is 0 Å². The fourth-order valence-electron chi connectivity index (χ4n) is 3.22. The summed E-state index contributed by atoms with van der Waals surface area (Å²) in [6.45, 7) is 2.41. The van der Waals surface area contributed by atoms with Crippen molar-refractivity contribution in [1.82, 2.24) is 20.1 Å². The number of anilines is 1. The van der Waals surface area contributed by atoms with E-state index in [2.05, 4.69) is 20.8 Å². The Morgan fingerprint density at radius 2 is 1.82 bits per heavy atom. The van der Waals surface area contributed by atoms with Crippen molar-refractivity contribution in [3.63, 3.8) is 0 Å². The topological polar surface area (TPSA) is 88.9 Å². The van der Waals surface area contributed by atoms with Crippen molar-refractivity contribution in [2.75, 3.05) is 11.1 Å². The molecular weight excluding hydrogens is 470 g/mol. The number of hydrogen-bond donors (Lipinski definition) is 2. The molecule has 0 bridgehead atoms. The summed E-state index contributed by atoms with van der Waals surface area (Å²) in [6.07, 6.45) is 1.57. The van der Waals surface area contributed by atoms with E-state index in [9.17, 15) is 9.59 Å². The number of nitrogens with one attached hydrogen (secondary N) is 2. The van der Waals surface area contributed by atoms with Gasteiger partial charge in [-0.3, -0.25) is 14.2 Å². The Hall–Kier alpha value is -3.62. The van der Waals surface area contributed by atoms with Gasteiger partial charge in [-0.05, 0) is 42.8 Å². The van der Waals surface area contributed by atoms with Crippen LogP contribution in [0.5, 0.6) is 0 Å². The lowest BCUT2D eigenvalue weighted by molar-refractivity contribution is -0.113. The van der Waals surface area contributed by atoms with E-state index in [1.165, 1.54) is 11.8 Å². The molecule has 0 saturated carbocycles. The van der Waals surface area contributed by atoms with Crippen LogP contribution in [-0.2, 0) is 11.3 Å². The molecule has 1 heterocycles. The summed E-state index contributed by atoms with van der Waals surface area (Å²) in [7, 11) is 0.